The topological polar surface area (TPSA) is 86.8 Å². The molecule has 1 aliphatic rings. The van der Waals surface area contributed by atoms with E-state index in [1.165, 1.54) is 17.0 Å². The Hall–Kier alpha value is -3.07. The minimum Gasteiger partial charge on any atom is -0.352 e. The monoisotopic (exact) mass is 643 g/mol. The lowest BCUT2D eigenvalue weighted by molar-refractivity contribution is -0.139. The molecule has 0 saturated heterocycles. The van der Waals surface area contributed by atoms with Crippen molar-refractivity contribution in [3.8, 4) is 0 Å². The van der Waals surface area contributed by atoms with Crippen LogP contribution >= 0.6 is 23.2 Å². The van der Waals surface area contributed by atoms with E-state index >= 15 is 0 Å². The van der Waals surface area contributed by atoms with Crippen LogP contribution in [0.3, 0.4) is 0 Å². The molecular formula is C33H39Cl2N3O4S. The fourth-order valence-electron chi connectivity index (χ4n) is 5.47. The number of halogens is 2. The van der Waals surface area contributed by atoms with Gasteiger partial charge in [0.05, 0.1) is 10.6 Å². The van der Waals surface area contributed by atoms with Crippen molar-refractivity contribution < 1.29 is 18.0 Å². The molecule has 0 aromatic heterocycles. The molecule has 7 nitrogen and oxygen atoms in total. The highest BCUT2D eigenvalue weighted by atomic mass is 35.5. The number of anilines is 1. The molecule has 0 bridgehead atoms. The zero-order valence-electron chi connectivity index (χ0n) is 25.1. The molecule has 2 amide bonds. The Morgan fingerprint density at radius 3 is 2.05 bits per heavy atom. The molecule has 1 aliphatic carbocycles. The van der Waals surface area contributed by atoms with E-state index in [1.807, 2.05) is 26.8 Å². The quantitative estimate of drug-likeness (QED) is 0.258. The van der Waals surface area contributed by atoms with Crippen molar-refractivity contribution in [1.82, 2.24) is 10.2 Å². The van der Waals surface area contributed by atoms with Crippen molar-refractivity contribution in [3.63, 3.8) is 0 Å². The highest BCUT2D eigenvalue weighted by Gasteiger charge is 2.34. The first-order valence-electron chi connectivity index (χ1n) is 14.6. The molecule has 3 aromatic rings. The molecule has 0 aliphatic heterocycles. The minimum atomic E-state index is -4.16. The molecule has 1 atom stereocenters. The number of benzene rings is 3. The van der Waals surface area contributed by atoms with Gasteiger partial charge in [0.15, 0.2) is 0 Å². The summed E-state index contributed by atoms with van der Waals surface area (Å²) in [7, 11) is -4.16. The van der Waals surface area contributed by atoms with Crippen LogP contribution in [-0.2, 0) is 26.2 Å². The summed E-state index contributed by atoms with van der Waals surface area (Å²) in [4.78, 5) is 29.2. The summed E-state index contributed by atoms with van der Waals surface area (Å²) in [5, 5.41) is 3.80. The second-order valence-electron chi connectivity index (χ2n) is 11.4. The lowest BCUT2D eigenvalue weighted by Gasteiger charge is -2.33. The first-order chi connectivity index (χ1) is 20.4. The predicted molar refractivity (Wildman–Crippen MR) is 173 cm³/mol. The van der Waals surface area contributed by atoms with Crippen LogP contribution < -0.4 is 9.62 Å². The summed E-state index contributed by atoms with van der Waals surface area (Å²) in [6, 6.07) is 16.1. The molecule has 1 fully saturated rings. The van der Waals surface area contributed by atoms with E-state index in [4.69, 9.17) is 23.2 Å². The van der Waals surface area contributed by atoms with Gasteiger partial charge in [0.2, 0.25) is 11.8 Å². The molecular weight excluding hydrogens is 605 g/mol. The van der Waals surface area contributed by atoms with Gasteiger partial charge in [-0.2, -0.15) is 0 Å². The fraction of sp³-hybridized carbons (Fsp3) is 0.394. The highest BCUT2D eigenvalue weighted by molar-refractivity contribution is 7.92. The Morgan fingerprint density at radius 2 is 1.47 bits per heavy atom. The largest absolute Gasteiger partial charge is 0.352 e. The molecule has 3 aromatic carbocycles. The number of sulfonamides is 1. The lowest BCUT2D eigenvalue weighted by atomic mass is 9.95. The van der Waals surface area contributed by atoms with Gasteiger partial charge in [0, 0.05) is 28.2 Å². The van der Waals surface area contributed by atoms with Crippen LogP contribution in [0.5, 0.6) is 0 Å². The van der Waals surface area contributed by atoms with Gasteiger partial charge in [-0.05, 0) is 88.1 Å². The third kappa shape index (κ3) is 8.11. The maximum Gasteiger partial charge on any atom is 0.264 e. The van der Waals surface area contributed by atoms with E-state index in [2.05, 4.69) is 5.32 Å². The first-order valence-corrected chi connectivity index (χ1v) is 16.8. The molecule has 0 radical (unpaired) electrons. The van der Waals surface area contributed by atoms with Crippen molar-refractivity contribution in [2.75, 3.05) is 10.8 Å². The van der Waals surface area contributed by atoms with E-state index < -0.39 is 28.5 Å². The normalized spacial score (nSPS) is 14.7. The number of aryl methyl sites for hydroxylation is 3. The van der Waals surface area contributed by atoms with E-state index in [9.17, 15) is 18.0 Å². The standard InChI is InChI=1S/C33H39Cl2N3O4S/c1-22-13-15-28(16-14-22)43(41,42)38(27-18-23(2)17-24(3)19-27)21-32(39)37(20-29-30(34)11-8-12-31(29)35)25(4)33(40)36-26-9-6-5-7-10-26/h8,11-19,25-26H,5-7,9-10,20-21H2,1-4H3,(H,36,40)/t25-/m0/s1. The molecule has 4 rings (SSSR count). The van der Waals surface area contributed by atoms with Gasteiger partial charge in [0.25, 0.3) is 10.0 Å². The summed E-state index contributed by atoms with van der Waals surface area (Å²) in [5.74, 6) is -0.861. The SMILES string of the molecule is Cc1ccc(S(=O)(=O)N(CC(=O)N(Cc2c(Cl)cccc2Cl)[C@@H](C)C(=O)NC2CCCCC2)c2cc(C)cc(C)c2)cc1. The number of hydrogen-bond donors (Lipinski definition) is 1. The second-order valence-corrected chi connectivity index (χ2v) is 14.1. The van der Waals surface area contributed by atoms with Gasteiger partial charge in [-0.1, -0.05) is 72.3 Å². The van der Waals surface area contributed by atoms with Crippen molar-refractivity contribution in [2.24, 2.45) is 0 Å². The van der Waals surface area contributed by atoms with E-state index in [-0.39, 0.29) is 23.4 Å². The van der Waals surface area contributed by atoms with Gasteiger partial charge in [0.1, 0.15) is 12.6 Å². The summed E-state index contributed by atoms with van der Waals surface area (Å²) >= 11 is 13.0. The maximum absolute atomic E-state index is 14.2. The van der Waals surface area contributed by atoms with Crippen molar-refractivity contribution in [1.29, 1.82) is 0 Å². The Morgan fingerprint density at radius 1 is 0.884 bits per heavy atom. The minimum absolute atomic E-state index is 0.0400. The average Bonchev–Trinajstić information content (AvgIpc) is 2.95. The van der Waals surface area contributed by atoms with Crippen LogP contribution in [-0.4, -0.2) is 43.8 Å². The number of nitrogens with zero attached hydrogens (tertiary/aromatic N) is 2. The third-order valence-corrected chi connectivity index (χ3v) is 10.4. The van der Waals surface area contributed by atoms with Gasteiger partial charge < -0.3 is 10.2 Å². The van der Waals surface area contributed by atoms with Gasteiger partial charge in [-0.25, -0.2) is 8.42 Å². The Bertz CT molecular complexity index is 1530. The molecule has 43 heavy (non-hydrogen) atoms. The summed E-state index contributed by atoms with van der Waals surface area (Å²) < 4.78 is 29.3. The molecule has 1 N–H and O–H groups in total. The van der Waals surface area contributed by atoms with E-state index in [0.717, 1.165) is 53.1 Å². The Labute approximate surface area is 265 Å². The molecule has 0 spiro atoms. The van der Waals surface area contributed by atoms with Crippen LogP contribution in [0.4, 0.5) is 5.69 Å². The van der Waals surface area contributed by atoms with Crippen LogP contribution in [0, 0.1) is 20.8 Å². The number of hydrogen-bond acceptors (Lipinski definition) is 4. The smallest absolute Gasteiger partial charge is 0.264 e. The summed E-state index contributed by atoms with van der Waals surface area (Å²) in [5.41, 5.74) is 3.46. The summed E-state index contributed by atoms with van der Waals surface area (Å²) in [6.45, 7) is 6.68. The number of nitrogens with one attached hydrogen (secondary N) is 1. The van der Waals surface area contributed by atoms with Crippen LogP contribution in [0.25, 0.3) is 0 Å². The van der Waals surface area contributed by atoms with Crippen LogP contribution in [0.1, 0.15) is 61.3 Å². The molecule has 1 saturated carbocycles. The van der Waals surface area contributed by atoms with Gasteiger partial charge >= 0.3 is 0 Å². The molecule has 0 unspecified atom stereocenters. The zero-order valence-corrected chi connectivity index (χ0v) is 27.4. The molecule has 230 valence electrons. The average molecular weight is 645 g/mol. The lowest BCUT2D eigenvalue weighted by Crippen LogP contribution is -2.53. The van der Waals surface area contributed by atoms with E-state index in [0.29, 0.717) is 21.3 Å². The Kier molecular flexibility index (Phi) is 10.8. The van der Waals surface area contributed by atoms with Gasteiger partial charge in [-0.15, -0.1) is 0 Å². The number of carbonyl (C=O) groups is 2. The maximum atomic E-state index is 14.2. The number of amides is 2. The Balaban J connectivity index is 1.73. The second kappa shape index (κ2) is 14.1. The molecule has 10 heteroatoms. The van der Waals surface area contributed by atoms with Crippen molar-refractivity contribution in [3.05, 3.63) is 93.0 Å². The fourth-order valence-corrected chi connectivity index (χ4v) is 7.38. The highest BCUT2D eigenvalue weighted by Crippen LogP contribution is 2.29. The van der Waals surface area contributed by atoms with Crippen LogP contribution in [0.15, 0.2) is 65.6 Å². The third-order valence-electron chi connectivity index (χ3n) is 7.89. The van der Waals surface area contributed by atoms with Crippen molar-refractivity contribution >= 4 is 50.7 Å². The van der Waals surface area contributed by atoms with Crippen molar-refractivity contribution in [2.45, 2.75) is 83.3 Å². The van der Waals surface area contributed by atoms with Crippen LogP contribution in [0.2, 0.25) is 10.0 Å². The van der Waals surface area contributed by atoms with Gasteiger partial charge in [-0.3, -0.25) is 13.9 Å². The molecule has 0 heterocycles. The zero-order chi connectivity index (χ0) is 31.3. The number of carbonyl (C=O) groups excluding carboxylic acids is 2. The predicted octanol–water partition coefficient (Wildman–Crippen LogP) is 6.98. The van der Waals surface area contributed by atoms with E-state index in [1.54, 1.807) is 49.4 Å². The summed E-state index contributed by atoms with van der Waals surface area (Å²) in [6.07, 6.45) is 5.00. The first kappa shape index (κ1) is 32.8. The number of rotatable bonds is 10.